The summed E-state index contributed by atoms with van der Waals surface area (Å²) in [7, 11) is -3.30. The summed E-state index contributed by atoms with van der Waals surface area (Å²) in [6.07, 6.45) is 0. The first-order valence-corrected chi connectivity index (χ1v) is 7.04. The van der Waals surface area contributed by atoms with E-state index in [0.717, 1.165) is 0 Å². The number of sulfonamides is 1. The molecule has 0 aliphatic heterocycles. The fraction of sp³-hybridized carbons (Fsp3) is 0.455. The molecule has 1 N–H and O–H groups in total. The summed E-state index contributed by atoms with van der Waals surface area (Å²) in [6.45, 7) is 0.344. The van der Waals surface area contributed by atoms with Crippen LogP contribution in [0.5, 0.6) is 5.75 Å². The summed E-state index contributed by atoms with van der Waals surface area (Å²) in [6, 6.07) is 5.41. The number of nitrogens with one attached hydrogen (secondary N) is 1. The number of rotatable bonds is 6. The fourth-order valence-electron chi connectivity index (χ4n) is 1.36. The van der Waals surface area contributed by atoms with E-state index < -0.39 is 22.7 Å². The summed E-state index contributed by atoms with van der Waals surface area (Å²) >= 11 is 0. The van der Waals surface area contributed by atoms with E-state index in [1.807, 2.05) is 0 Å². The van der Waals surface area contributed by atoms with E-state index >= 15 is 0 Å². The molecule has 0 amide bonds. The Morgan fingerprint density at radius 3 is 2.28 bits per heavy atom. The molecule has 0 fully saturated rings. The first-order chi connectivity index (χ1) is 8.34. The van der Waals surface area contributed by atoms with Crippen LogP contribution in [0.1, 0.15) is 25.5 Å². The molecule has 0 heterocycles. The van der Waals surface area contributed by atoms with Crippen molar-refractivity contribution in [1.82, 2.24) is 4.72 Å². The number of hydrogen-bond donors (Lipinski definition) is 1. The van der Waals surface area contributed by atoms with Gasteiger partial charge in [0, 0.05) is 6.04 Å². The molecule has 0 saturated carbocycles. The minimum atomic E-state index is -3.30. The van der Waals surface area contributed by atoms with Gasteiger partial charge in [0.15, 0.2) is 0 Å². The molecule has 0 bridgehead atoms. The zero-order valence-corrected chi connectivity index (χ0v) is 10.9. The van der Waals surface area contributed by atoms with Crippen molar-refractivity contribution < 1.29 is 21.9 Å². The predicted octanol–water partition coefficient (Wildman–Crippen LogP) is 2.29. The normalized spacial score (nSPS) is 13.6. The molecule has 0 unspecified atom stereocenters. The van der Waals surface area contributed by atoms with Gasteiger partial charge in [-0.2, -0.15) is 8.78 Å². The van der Waals surface area contributed by atoms with Crippen molar-refractivity contribution in [3.8, 4) is 5.75 Å². The summed E-state index contributed by atoms with van der Waals surface area (Å²) in [5.41, 5.74) is 0.675. The molecule has 0 saturated heterocycles. The quantitative estimate of drug-likeness (QED) is 0.869. The Bertz CT molecular complexity index is 474. The van der Waals surface area contributed by atoms with Crippen molar-refractivity contribution >= 4 is 10.0 Å². The van der Waals surface area contributed by atoms with Crippen molar-refractivity contribution in [2.75, 3.05) is 5.75 Å². The molecule has 0 aliphatic carbocycles. The van der Waals surface area contributed by atoms with Crippen LogP contribution in [0.15, 0.2) is 24.3 Å². The first-order valence-electron chi connectivity index (χ1n) is 5.39. The van der Waals surface area contributed by atoms with Gasteiger partial charge in [0.2, 0.25) is 10.0 Å². The Kier molecular flexibility index (Phi) is 5.03. The lowest BCUT2D eigenvalue weighted by atomic mass is 10.1. The highest BCUT2D eigenvalue weighted by Crippen LogP contribution is 2.19. The monoisotopic (exact) mass is 279 g/mol. The van der Waals surface area contributed by atoms with Crippen molar-refractivity contribution in [2.24, 2.45) is 0 Å². The fourth-order valence-corrected chi connectivity index (χ4v) is 2.20. The second-order valence-electron chi connectivity index (χ2n) is 3.69. The van der Waals surface area contributed by atoms with Gasteiger partial charge in [-0.15, -0.1) is 0 Å². The molecule has 4 nitrogen and oxygen atoms in total. The molecular weight excluding hydrogens is 264 g/mol. The summed E-state index contributed by atoms with van der Waals surface area (Å²) in [4.78, 5) is 0. The number of benzene rings is 1. The van der Waals surface area contributed by atoms with Crippen LogP contribution in [0, 0.1) is 0 Å². The zero-order valence-electron chi connectivity index (χ0n) is 10.1. The Hall–Kier alpha value is -1.21. The average molecular weight is 279 g/mol. The van der Waals surface area contributed by atoms with Gasteiger partial charge in [0.1, 0.15) is 5.75 Å². The third kappa shape index (κ3) is 4.58. The van der Waals surface area contributed by atoms with Crippen molar-refractivity contribution in [3.05, 3.63) is 29.8 Å². The molecule has 102 valence electrons. The Balaban J connectivity index is 2.73. The molecule has 0 aromatic heterocycles. The Morgan fingerprint density at radius 1 is 1.28 bits per heavy atom. The molecule has 1 aromatic rings. The topological polar surface area (TPSA) is 55.4 Å². The van der Waals surface area contributed by atoms with Crippen LogP contribution in [0.2, 0.25) is 0 Å². The van der Waals surface area contributed by atoms with Gasteiger partial charge in [-0.1, -0.05) is 12.1 Å². The number of hydrogen-bond acceptors (Lipinski definition) is 3. The van der Waals surface area contributed by atoms with Crippen molar-refractivity contribution in [1.29, 1.82) is 0 Å². The van der Waals surface area contributed by atoms with Gasteiger partial charge < -0.3 is 4.74 Å². The van der Waals surface area contributed by atoms with Crippen LogP contribution in [-0.2, 0) is 10.0 Å². The standard InChI is InChI=1S/C11H15F2NO3S/c1-3-18(15,16)14-8(2)9-4-6-10(7-5-9)17-11(12)13/h4-8,11,14H,3H2,1-2H3/t8-/m1/s1. The highest BCUT2D eigenvalue weighted by Gasteiger charge is 2.13. The third-order valence-corrected chi connectivity index (χ3v) is 3.81. The Labute approximate surface area is 105 Å². The molecule has 1 atom stereocenters. The smallest absolute Gasteiger partial charge is 0.387 e. The number of ether oxygens (including phenoxy) is 1. The molecule has 1 rings (SSSR count). The predicted molar refractivity (Wildman–Crippen MR) is 64.1 cm³/mol. The van der Waals surface area contributed by atoms with Crippen LogP contribution in [0.3, 0.4) is 0 Å². The maximum Gasteiger partial charge on any atom is 0.387 e. The molecule has 0 spiro atoms. The molecule has 0 radical (unpaired) electrons. The molecular formula is C11H15F2NO3S. The minimum Gasteiger partial charge on any atom is -0.435 e. The van der Waals surface area contributed by atoms with Gasteiger partial charge >= 0.3 is 6.61 Å². The van der Waals surface area contributed by atoms with E-state index in [0.29, 0.717) is 5.56 Å². The maximum absolute atomic E-state index is 11.9. The third-order valence-electron chi connectivity index (χ3n) is 2.34. The van der Waals surface area contributed by atoms with E-state index in [1.54, 1.807) is 19.1 Å². The maximum atomic E-state index is 11.9. The van der Waals surface area contributed by atoms with Gasteiger partial charge in [-0.25, -0.2) is 13.1 Å². The highest BCUT2D eigenvalue weighted by molar-refractivity contribution is 7.89. The molecule has 7 heteroatoms. The van der Waals surface area contributed by atoms with E-state index in [4.69, 9.17) is 0 Å². The number of halogens is 2. The second-order valence-corrected chi connectivity index (χ2v) is 5.73. The van der Waals surface area contributed by atoms with Crippen LogP contribution < -0.4 is 9.46 Å². The lowest BCUT2D eigenvalue weighted by molar-refractivity contribution is -0.0498. The van der Waals surface area contributed by atoms with Crippen LogP contribution in [-0.4, -0.2) is 20.8 Å². The lowest BCUT2D eigenvalue weighted by Crippen LogP contribution is -2.28. The lowest BCUT2D eigenvalue weighted by Gasteiger charge is -2.14. The molecule has 1 aromatic carbocycles. The number of alkyl halides is 2. The summed E-state index contributed by atoms with van der Waals surface area (Å²) < 4.78 is 53.3. The van der Waals surface area contributed by atoms with E-state index in [-0.39, 0.29) is 11.5 Å². The highest BCUT2D eigenvalue weighted by atomic mass is 32.2. The second kappa shape index (κ2) is 6.10. The van der Waals surface area contributed by atoms with Crippen molar-refractivity contribution in [2.45, 2.75) is 26.5 Å². The minimum absolute atomic E-state index is 0.0100. The van der Waals surface area contributed by atoms with Gasteiger partial charge in [0.05, 0.1) is 5.75 Å². The largest absolute Gasteiger partial charge is 0.435 e. The SMILES string of the molecule is CCS(=O)(=O)N[C@H](C)c1ccc(OC(F)F)cc1. The van der Waals surface area contributed by atoms with E-state index in [1.165, 1.54) is 19.1 Å². The Morgan fingerprint density at radius 2 is 1.83 bits per heavy atom. The molecule has 18 heavy (non-hydrogen) atoms. The van der Waals surface area contributed by atoms with Crippen LogP contribution in [0.4, 0.5) is 8.78 Å². The summed E-state index contributed by atoms with van der Waals surface area (Å²) in [5.74, 6) is 0.0310. The van der Waals surface area contributed by atoms with Gasteiger partial charge in [-0.05, 0) is 31.5 Å². The van der Waals surface area contributed by atoms with E-state index in [2.05, 4.69) is 9.46 Å². The average Bonchev–Trinajstić information content (AvgIpc) is 2.28. The zero-order chi connectivity index (χ0) is 13.8. The summed E-state index contributed by atoms with van der Waals surface area (Å²) in [5, 5.41) is 0. The molecule has 0 aliphatic rings. The van der Waals surface area contributed by atoms with Crippen molar-refractivity contribution in [3.63, 3.8) is 0 Å². The van der Waals surface area contributed by atoms with Gasteiger partial charge in [-0.3, -0.25) is 0 Å². The first kappa shape index (κ1) is 14.8. The van der Waals surface area contributed by atoms with E-state index in [9.17, 15) is 17.2 Å². The van der Waals surface area contributed by atoms with Crippen LogP contribution in [0.25, 0.3) is 0 Å². The van der Waals surface area contributed by atoms with Crippen LogP contribution >= 0.6 is 0 Å². The van der Waals surface area contributed by atoms with Gasteiger partial charge in [0.25, 0.3) is 0 Å².